The minimum atomic E-state index is -4.51. The minimum absolute atomic E-state index is 0.00808. The van der Waals surface area contributed by atoms with E-state index in [-0.39, 0.29) is 16.9 Å². The smallest absolute Gasteiger partial charge is 0.416 e. The molecule has 0 heterocycles. The van der Waals surface area contributed by atoms with Crippen LogP contribution in [-0.4, -0.2) is 12.2 Å². The van der Waals surface area contributed by atoms with E-state index in [9.17, 15) is 22.7 Å². The number of halogens is 4. The quantitative estimate of drug-likeness (QED) is 0.870. The molecular weight excluding hydrogens is 288 g/mol. The third kappa shape index (κ3) is 3.33. The van der Waals surface area contributed by atoms with Crippen molar-refractivity contribution in [3.05, 3.63) is 65.0 Å². The second-order valence-electron chi connectivity index (χ2n) is 4.41. The third-order valence-electron chi connectivity index (χ3n) is 3.02. The van der Waals surface area contributed by atoms with E-state index in [0.717, 1.165) is 24.3 Å². The first-order chi connectivity index (χ1) is 9.82. The van der Waals surface area contributed by atoms with Gasteiger partial charge < -0.3 is 9.84 Å². The Kier molecular flexibility index (Phi) is 4.18. The van der Waals surface area contributed by atoms with Crippen molar-refractivity contribution in [2.45, 2.75) is 12.3 Å². The molecule has 21 heavy (non-hydrogen) atoms. The Morgan fingerprint density at radius 3 is 2.43 bits per heavy atom. The van der Waals surface area contributed by atoms with Crippen molar-refractivity contribution in [2.24, 2.45) is 0 Å². The van der Waals surface area contributed by atoms with Crippen LogP contribution in [0.4, 0.5) is 17.6 Å². The van der Waals surface area contributed by atoms with E-state index in [4.69, 9.17) is 4.74 Å². The maximum atomic E-state index is 13.3. The molecule has 2 aromatic rings. The second-order valence-corrected chi connectivity index (χ2v) is 4.41. The molecule has 6 heteroatoms. The van der Waals surface area contributed by atoms with Crippen LogP contribution in [0.2, 0.25) is 0 Å². The van der Waals surface area contributed by atoms with Crippen molar-refractivity contribution in [1.29, 1.82) is 0 Å². The zero-order valence-electron chi connectivity index (χ0n) is 11.0. The summed E-state index contributed by atoms with van der Waals surface area (Å²) in [5.41, 5.74) is -0.806. The predicted molar refractivity (Wildman–Crippen MR) is 68.5 cm³/mol. The van der Waals surface area contributed by atoms with Crippen molar-refractivity contribution in [2.75, 3.05) is 7.11 Å². The van der Waals surface area contributed by atoms with Crippen molar-refractivity contribution >= 4 is 0 Å². The molecule has 0 spiro atoms. The topological polar surface area (TPSA) is 29.5 Å². The molecule has 1 N–H and O–H groups in total. The number of benzene rings is 2. The van der Waals surface area contributed by atoms with Gasteiger partial charge in [-0.2, -0.15) is 13.2 Å². The van der Waals surface area contributed by atoms with Gasteiger partial charge in [-0.1, -0.05) is 12.1 Å². The van der Waals surface area contributed by atoms with Crippen LogP contribution in [0, 0.1) is 5.82 Å². The number of alkyl halides is 3. The largest absolute Gasteiger partial charge is 0.496 e. The zero-order chi connectivity index (χ0) is 15.6. The summed E-state index contributed by atoms with van der Waals surface area (Å²) in [5, 5.41) is 10.2. The summed E-state index contributed by atoms with van der Waals surface area (Å²) in [6.07, 6.45) is -5.93. The van der Waals surface area contributed by atoms with Gasteiger partial charge in [0.05, 0.1) is 12.7 Å². The Bertz CT molecular complexity index is 638. The minimum Gasteiger partial charge on any atom is -0.496 e. The molecule has 0 saturated carbocycles. The van der Waals surface area contributed by atoms with Gasteiger partial charge in [0.2, 0.25) is 0 Å². The fraction of sp³-hybridized carbons (Fsp3) is 0.200. The Morgan fingerprint density at radius 2 is 1.81 bits per heavy atom. The first kappa shape index (κ1) is 15.3. The summed E-state index contributed by atoms with van der Waals surface area (Å²) in [4.78, 5) is 0. The normalized spacial score (nSPS) is 13.0. The number of aliphatic hydroxyl groups excluding tert-OH is 1. The first-order valence-corrected chi connectivity index (χ1v) is 6.01. The number of methoxy groups -OCH3 is 1. The van der Waals surface area contributed by atoms with Crippen LogP contribution in [0.25, 0.3) is 0 Å². The van der Waals surface area contributed by atoms with Crippen LogP contribution in [-0.2, 0) is 6.18 Å². The SMILES string of the molecule is COc1ccc(F)cc1C(O)c1cccc(C(F)(F)F)c1. The van der Waals surface area contributed by atoms with E-state index in [1.807, 2.05) is 0 Å². The highest BCUT2D eigenvalue weighted by molar-refractivity contribution is 5.41. The molecule has 2 nitrogen and oxygen atoms in total. The third-order valence-corrected chi connectivity index (χ3v) is 3.02. The molecule has 0 aliphatic rings. The van der Waals surface area contributed by atoms with E-state index < -0.39 is 23.7 Å². The Hall–Kier alpha value is -2.08. The molecule has 112 valence electrons. The van der Waals surface area contributed by atoms with Gasteiger partial charge >= 0.3 is 6.18 Å². The lowest BCUT2D eigenvalue weighted by atomic mass is 9.98. The highest BCUT2D eigenvalue weighted by Gasteiger charge is 2.31. The van der Waals surface area contributed by atoms with E-state index in [1.54, 1.807) is 0 Å². The van der Waals surface area contributed by atoms with Gasteiger partial charge in [-0.15, -0.1) is 0 Å². The molecule has 0 bridgehead atoms. The van der Waals surface area contributed by atoms with Gasteiger partial charge in [0.1, 0.15) is 17.7 Å². The lowest BCUT2D eigenvalue weighted by molar-refractivity contribution is -0.137. The van der Waals surface area contributed by atoms with Crippen LogP contribution in [0.15, 0.2) is 42.5 Å². The van der Waals surface area contributed by atoms with Crippen molar-refractivity contribution < 1.29 is 27.4 Å². The molecule has 0 fully saturated rings. The summed E-state index contributed by atoms with van der Waals surface area (Å²) in [7, 11) is 1.33. The van der Waals surface area contributed by atoms with Crippen LogP contribution in [0.3, 0.4) is 0 Å². The number of aliphatic hydroxyl groups is 1. The van der Waals surface area contributed by atoms with Crippen LogP contribution >= 0.6 is 0 Å². The molecule has 2 aromatic carbocycles. The van der Waals surface area contributed by atoms with Gasteiger partial charge in [-0.05, 0) is 35.9 Å². The average Bonchev–Trinajstić information content (AvgIpc) is 2.45. The molecule has 1 atom stereocenters. The second kappa shape index (κ2) is 5.73. The van der Waals surface area contributed by atoms with Crippen LogP contribution < -0.4 is 4.74 Å². The summed E-state index contributed by atoms with van der Waals surface area (Å²) in [6.45, 7) is 0. The van der Waals surface area contributed by atoms with Crippen LogP contribution in [0.5, 0.6) is 5.75 Å². The van der Waals surface area contributed by atoms with Crippen molar-refractivity contribution in [1.82, 2.24) is 0 Å². The van der Waals surface area contributed by atoms with Gasteiger partial charge in [0.25, 0.3) is 0 Å². The first-order valence-electron chi connectivity index (χ1n) is 6.01. The molecule has 0 amide bonds. The monoisotopic (exact) mass is 300 g/mol. The summed E-state index contributed by atoms with van der Waals surface area (Å²) in [5.74, 6) is -0.418. The fourth-order valence-electron chi connectivity index (χ4n) is 1.98. The predicted octanol–water partition coefficient (Wildman–Crippen LogP) is 3.93. The van der Waals surface area contributed by atoms with Gasteiger partial charge in [0.15, 0.2) is 0 Å². The molecule has 1 unspecified atom stereocenters. The molecule has 0 aromatic heterocycles. The van der Waals surface area contributed by atoms with E-state index in [1.165, 1.54) is 25.3 Å². The molecular formula is C15H12F4O2. The Morgan fingerprint density at radius 1 is 1.10 bits per heavy atom. The maximum absolute atomic E-state index is 13.3. The van der Waals surface area contributed by atoms with Gasteiger partial charge in [-0.25, -0.2) is 4.39 Å². The molecule has 0 radical (unpaired) electrons. The van der Waals surface area contributed by atoms with Crippen molar-refractivity contribution in [3.63, 3.8) is 0 Å². The summed E-state index contributed by atoms with van der Waals surface area (Å²) < 4.78 is 56.3. The highest BCUT2D eigenvalue weighted by Crippen LogP contribution is 2.34. The van der Waals surface area contributed by atoms with Crippen LogP contribution in [0.1, 0.15) is 22.8 Å². The highest BCUT2D eigenvalue weighted by atomic mass is 19.4. The zero-order valence-corrected chi connectivity index (χ0v) is 11.0. The lowest BCUT2D eigenvalue weighted by Crippen LogP contribution is -2.08. The fourth-order valence-corrected chi connectivity index (χ4v) is 1.98. The van der Waals surface area contributed by atoms with Gasteiger partial charge in [0, 0.05) is 5.56 Å². The number of hydrogen-bond acceptors (Lipinski definition) is 2. The summed E-state index contributed by atoms with van der Waals surface area (Å²) in [6, 6.07) is 7.73. The number of hydrogen-bond donors (Lipinski definition) is 1. The average molecular weight is 300 g/mol. The van der Waals surface area contributed by atoms with E-state index in [2.05, 4.69) is 0 Å². The summed E-state index contributed by atoms with van der Waals surface area (Å²) >= 11 is 0. The number of ether oxygens (including phenoxy) is 1. The molecule has 0 aliphatic carbocycles. The van der Waals surface area contributed by atoms with E-state index >= 15 is 0 Å². The Labute approximate surface area is 118 Å². The standard InChI is InChI=1S/C15H12F4O2/c1-21-13-6-5-11(16)8-12(13)14(20)9-3-2-4-10(7-9)15(17,18)19/h2-8,14,20H,1H3. The van der Waals surface area contributed by atoms with Crippen molar-refractivity contribution in [3.8, 4) is 5.75 Å². The van der Waals surface area contributed by atoms with Gasteiger partial charge in [-0.3, -0.25) is 0 Å². The Balaban J connectivity index is 2.45. The lowest BCUT2D eigenvalue weighted by Gasteiger charge is -2.16. The van der Waals surface area contributed by atoms with E-state index in [0.29, 0.717) is 0 Å². The molecule has 0 saturated heterocycles. The molecule has 2 rings (SSSR count). The maximum Gasteiger partial charge on any atom is 0.416 e. The molecule has 0 aliphatic heterocycles. The number of rotatable bonds is 3.